The van der Waals surface area contributed by atoms with Crippen LogP contribution in [0.3, 0.4) is 0 Å². The van der Waals surface area contributed by atoms with Crippen LogP contribution in [0.2, 0.25) is 0 Å². The maximum Gasteiger partial charge on any atom is 0.187 e. The van der Waals surface area contributed by atoms with Crippen LogP contribution in [0.15, 0.2) is 29.4 Å². The molecular formula is C17H27N3O2S. The van der Waals surface area contributed by atoms with E-state index in [1.165, 1.54) is 0 Å². The second-order valence-corrected chi connectivity index (χ2v) is 6.21. The molecule has 0 aliphatic heterocycles. The summed E-state index contributed by atoms with van der Waals surface area (Å²) < 4.78 is 10.7. The van der Waals surface area contributed by atoms with Gasteiger partial charge in [-0.2, -0.15) is 5.10 Å². The van der Waals surface area contributed by atoms with Gasteiger partial charge in [0.25, 0.3) is 0 Å². The minimum atomic E-state index is 0.137. The molecule has 1 aromatic carbocycles. The summed E-state index contributed by atoms with van der Waals surface area (Å²) in [5.41, 5.74) is 3.76. The molecule has 128 valence electrons. The first-order valence-corrected chi connectivity index (χ1v) is 8.23. The Morgan fingerprint density at radius 1 is 1.26 bits per heavy atom. The maximum atomic E-state index is 5.68. The average Bonchev–Trinajstić information content (AvgIpc) is 2.48. The third kappa shape index (κ3) is 9.15. The highest BCUT2D eigenvalue weighted by molar-refractivity contribution is 7.80. The fourth-order valence-electron chi connectivity index (χ4n) is 1.78. The molecule has 23 heavy (non-hydrogen) atoms. The molecule has 0 aromatic heterocycles. The molecule has 0 amide bonds. The van der Waals surface area contributed by atoms with Crippen LogP contribution >= 0.6 is 12.2 Å². The molecule has 0 aliphatic carbocycles. The molecule has 5 nitrogen and oxygen atoms in total. The van der Waals surface area contributed by atoms with Gasteiger partial charge in [-0.25, -0.2) is 0 Å². The zero-order valence-electron chi connectivity index (χ0n) is 14.3. The predicted molar refractivity (Wildman–Crippen MR) is 99.2 cm³/mol. The molecule has 0 radical (unpaired) electrons. The van der Waals surface area contributed by atoms with Gasteiger partial charge in [-0.1, -0.05) is 13.8 Å². The van der Waals surface area contributed by atoms with Crippen molar-refractivity contribution in [1.82, 2.24) is 10.7 Å². The van der Waals surface area contributed by atoms with Gasteiger partial charge in [0.05, 0.1) is 19.4 Å². The number of hydrogen-bond donors (Lipinski definition) is 2. The molecular weight excluding hydrogens is 310 g/mol. The number of nitrogens with zero attached hydrogens (tertiary/aromatic N) is 1. The monoisotopic (exact) mass is 337 g/mol. The van der Waals surface area contributed by atoms with Gasteiger partial charge in [0.2, 0.25) is 0 Å². The van der Waals surface area contributed by atoms with E-state index in [1.807, 2.05) is 31.2 Å². The zero-order chi connectivity index (χ0) is 17.1. The van der Waals surface area contributed by atoms with Crippen LogP contribution in [0, 0.1) is 5.92 Å². The van der Waals surface area contributed by atoms with Crippen molar-refractivity contribution in [2.75, 3.05) is 20.3 Å². The van der Waals surface area contributed by atoms with Crippen molar-refractivity contribution in [1.29, 1.82) is 0 Å². The van der Waals surface area contributed by atoms with E-state index < -0.39 is 0 Å². The Bertz CT molecular complexity index is 489. The number of benzene rings is 1. The van der Waals surface area contributed by atoms with Crippen molar-refractivity contribution >= 4 is 23.5 Å². The van der Waals surface area contributed by atoms with Crippen molar-refractivity contribution in [3.8, 4) is 5.75 Å². The number of ether oxygens (including phenoxy) is 2. The van der Waals surface area contributed by atoms with E-state index in [0.717, 1.165) is 24.3 Å². The van der Waals surface area contributed by atoms with Gasteiger partial charge in [0.15, 0.2) is 5.11 Å². The molecule has 0 heterocycles. The fourth-order valence-corrected chi connectivity index (χ4v) is 2.03. The number of rotatable bonds is 9. The molecule has 0 saturated heterocycles. The maximum absolute atomic E-state index is 5.68. The normalized spacial score (nSPS) is 12.4. The van der Waals surface area contributed by atoms with Crippen molar-refractivity contribution in [3.05, 3.63) is 29.8 Å². The first kappa shape index (κ1) is 19.4. The minimum absolute atomic E-state index is 0.137. The lowest BCUT2D eigenvalue weighted by atomic mass is 10.1. The van der Waals surface area contributed by atoms with E-state index in [-0.39, 0.29) is 6.04 Å². The SMILES string of the molecule is COC[C@H](C)NC(=S)N/N=C\c1ccc(OCCC(C)C)cc1. The summed E-state index contributed by atoms with van der Waals surface area (Å²) in [4.78, 5) is 0. The van der Waals surface area contributed by atoms with E-state index in [9.17, 15) is 0 Å². The lowest BCUT2D eigenvalue weighted by molar-refractivity contribution is 0.179. The molecule has 2 N–H and O–H groups in total. The van der Waals surface area contributed by atoms with Crippen molar-refractivity contribution in [3.63, 3.8) is 0 Å². The smallest absolute Gasteiger partial charge is 0.187 e. The average molecular weight is 337 g/mol. The number of thiocarbonyl (C=S) groups is 1. The van der Waals surface area contributed by atoms with Crippen molar-refractivity contribution in [2.24, 2.45) is 11.0 Å². The largest absolute Gasteiger partial charge is 0.494 e. The van der Waals surface area contributed by atoms with Crippen LogP contribution in [0.1, 0.15) is 32.8 Å². The molecule has 1 atom stereocenters. The number of hydrogen-bond acceptors (Lipinski definition) is 4. The van der Waals surface area contributed by atoms with Gasteiger partial charge in [-0.15, -0.1) is 0 Å². The summed E-state index contributed by atoms with van der Waals surface area (Å²) in [5.74, 6) is 1.53. The summed E-state index contributed by atoms with van der Waals surface area (Å²) in [7, 11) is 1.66. The van der Waals surface area contributed by atoms with Crippen LogP contribution in [0.25, 0.3) is 0 Å². The highest BCUT2D eigenvalue weighted by Gasteiger charge is 2.01. The summed E-state index contributed by atoms with van der Waals surface area (Å²) in [6, 6.07) is 7.94. The van der Waals surface area contributed by atoms with Crippen molar-refractivity contribution < 1.29 is 9.47 Å². The van der Waals surface area contributed by atoms with Gasteiger partial charge in [0, 0.05) is 13.2 Å². The predicted octanol–water partition coefficient (Wildman–Crippen LogP) is 2.94. The first-order chi connectivity index (χ1) is 11.0. The minimum Gasteiger partial charge on any atom is -0.494 e. The molecule has 0 fully saturated rings. The Kier molecular flexibility index (Phi) is 9.24. The van der Waals surface area contributed by atoms with Crippen molar-refractivity contribution in [2.45, 2.75) is 33.2 Å². The van der Waals surface area contributed by atoms with Gasteiger partial charge in [0.1, 0.15) is 5.75 Å². The lowest BCUT2D eigenvalue weighted by Gasteiger charge is -2.13. The standard InChI is InChI=1S/C17H27N3O2S/c1-13(2)9-10-22-16-7-5-15(6-8-16)11-18-20-17(23)19-14(3)12-21-4/h5-8,11,13-14H,9-10,12H2,1-4H3,(H2,19,20,23)/b18-11-/t14-/m0/s1. The van der Waals surface area contributed by atoms with Gasteiger partial charge in [-0.05, 0) is 61.3 Å². The molecule has 1 aromatic rings. The van der Waals surface area contributed by atoms with E-state index in [1.54, 1.807) is 13.3 Å². The van der Waals surface area contributed by atoms with Crippen LogP contribution in [0.4, 0.5) is 0 Å². The number of nitrogens with one attached hydrogen (secondary N) is 2. The lowest BCUT2D eigenvalue weighted by Crippen LogP contribution is -2.40. The summed E-state index contributed by atoms with van der Waals surface area (Å²) in [5, 5.41) is 7.65. The summed E-state index contributed by atoms with van der Waals surface area (Å²) >= 11 is 5.14. The summed E-state index contributed by atoms with van der Waals surface area (Å²) in [6.45, 7) is 7.69. The molecule has 0 spiro atoms. The highest BCUT2D eigenvalue weighted by atomic mass is 32.1. The van der Waals surface area contributed by atoms with E-state index in [0.29, 0.717) is 17.6 Å². The van der Waals surface area contributed by atoms with Crippen LogP contribution in [0.5, 0.6) is 5.75 Å². The van der Waals surface area contributed by atoms with Gasteiger partial charge in [-0.3, -0.25) is 5.43 Å². The fraction of sp³-hybridized carbons (Fsp3) is 0.529. The molecule has 0 saturated carbocycles. The van der Waals surface area contributed by atoms with Gasteiger partial charge >= 0.3 is 0 Å². The molecule has 1 rings (SSSR count). The van der Waals surface area contributed by atoms with E-state index >= 15 is 0 Å². The Morgan fingerprint density at radius 2 is 1.96 bits per heavy atom. The molecule has 0 unspecified atom stereocenters. The van der Waals surface area contributed by atoms with Gasteiger partial charge < -0.3 is 14.8 Å². The van der Waals surface area contributed by atoms with E-state index in [4.69, 9.17) is 21.7 Å². The third-order valence-electron chi connectivity index (χ3n) is 3.02. The molecule has 0 aliphatic rings. The second kappa shape index (κ2) is 11.0. The Morgan fingerprint density at radius 3 is 2.57 bits per heavy atom. The first-order valence-electron chi connectivity index (χ1n) is 7.82. The topological polar surface area (TPSA) is 54.9 Å². The number of methoxy groups -OCH3 is 1. The zero-order valence-corrected chi connectivity index (χ0v) is 15.2. The number of hydrazone groups is 1. The highest BCUT2D eigenvalue weighted by Crippen LogP contribution is 2.12. The Hall–Kier alpha value is -1.66. The summed E-state index contributed by atoms with van der Waals surface area (Å²) in [6.07, 6.45) is 2.77. The van der Waals surface area contributed by atoms with E-state index in [2.05, 4.69) is 29.7 Å². The Balaban J connectivity index is 2.35. The Labute approximate surface area is 144 Å². The molecule has 0 bridgehead atoms. The van der Waals surface area contributed by atoms with Crippen LogP contribution in [-0.4, -0.2) is 37.7 Å². The van der Waals surface area contributed by atoms with Crippen LogP contribution in [-0.2, 0) is 4.74 Å². The third-order valence-corrected chi connectivity index (χ3v) is 3.23. The van der Waals surface area contributed by atoms with Crippen LogP contribution < -0.4 is 15.5 Å². The molecule has 6 heteroatoms. The second-order valence-electron chi connectivity index (χ2n) is 5.80. The quantitative estimate of drug-likeness (QED) is 0.412.